The van der Waals surface area contributed by atoms with Crippen molar-refractivity contribution in [2.75, 3.05) is 18.6 Å². The molecule has 0 saturated heterocycles. The molecule has 0 bridgehead atoms. The van der Waals surface area contributed by atoms with Crippen LogP contribution in [-0.2, 0) is 0 Å². The van der Waals surface area contributed by atoms with Crippen LogP contribution in [0.3, 0.4) is 0 Å². The Bertz CT molecular complexity index is 649. The average Bonchev–Trinajstić information content (AvgIpc) is 3.08. The maximum Gasteiger partial charge on any atom is 0.315 e. The second-order valence-electron chi connectivity index (χ2n) is 6.71. The zero-order valence-corrected chi connectivity index (χ0v) is 16.4. The summed E-state index contributed by atoms with van der Waals surface area (Å²) in [6.45, 7) is 0.793. The van der Waals surface area contributed by atoms with E-state index < -0.39 is 0 Å². The van der Waals surface area contributed by atoms with E-state index in [0.717, 1.165) is 29.2 Å². The molecule has 25 heavy (non-hydrogen) atoms. The maximum absolute atomic E-state index is 12.4. The molecular weight excluding hydrogens is 350 g/mol. The molecule has 1 heterocycles. The molecule has 4 nitrogen and oxygen atoms in total. The van der Waals surface area contributed by atoms with Crippen LogP contribution in [0.15, 0.2) is 24.3 Å². The number of fused-ring (bicyclic) bond motifs is 1. The lowest BCUT2D eigenvalue weighted by molar-refractivity contribution is 0.232. The highest BCUT2D eigenvalue weighted by atomic mass is 32.2. The number of amides is 2. The highest BCUT2D eigenvalue weighted by molar-refractivity contribution is 7.98. The van der Waals surface area contributed by atoms with Crippen molar-refractivity contribution < 1.29 is 4.79 Å². The predicted molar refractivity (Wildman–Crippen MR) is 108 cm³/mol. The summed E-state index contributed by atoms with van der Waals surface area (Å²) in [5.41, 5.74) is 1.01. The van der Waals surface area contributed by atoms with Crippen molar-refractivity contribution in [1.82, 2.24) is 15.6 Å². The highest BCUT2D eigenvalue weighted by Gasteiger charge is 2.20. The largest absolute Gasteiger partial charge is 0.338 e. The fourth-order valence-electron chi connectivity index (χ4n) is 3.37. The fourth-order valence-corrected chi connectivity index (χ4v) is 4.89. The van der Waals surface area contributed by atoms with Crippen LogP contribution in [0.2, 0.25) is 0 Å². The number of nitrogens with zero attached hydrogens (tertiary/aromatic N) is 1. The Hall–Kier alpha value is -1.27. The van der Waals surface area contributed by atoms with E-state index in [2.05, 4.69) is 23.0 Å². The Morgan fingerprint density at radius 3 is 2.88 bits per heavy atom. The van der Waals surface area contributed by atoms with Gasteiger partial charge in [-0.05, 0) is 49.3 Å². The first-order valence-corrected chi connectivity index (χ1v) is 11.4. The van der Waals surface area contributed by atoms with Crippen molar-refractivity contribution in [3.63, 3.8) is 0 Å². The lowest BCUT2D eigenvalue weighted by Crippen LogP contribution is -2.40. The minimum atomic E-state index is -0.0593. The molecule has 136 valence electrons. The summed E-state index contributed by atoms with van der Waals surface area (Å²) < 4.78 is 1.18. The van der Waals surface area contributed by atoms with Crippen molar-refractivity contribution in [2.24, 2.45) is 5.92 Å². The van der Waals surface area contributed by atoms with Gasteiger partial charge in [-0.25, -0.2) is 9.78 Å². The average molecular weight is 378 g/mol. The van der Waals surface area contributed by atoms with Gasteiger partial charge in [0, 0.05) is 6.54 Å². The number of aromatic nitrogens is 1. The van der Waals surface area contributed by atoms with Crippen LogP contribution in [0.1, 0.15) is 49.6 Å². The van der Waals surface area contributed by atoms with Crippen LogP contribution >= 0.6 is 23.1 Å². The van der Waals surface area contributed by atoms with Gasteiger partial charge >= 0.3 is 6.03 Å². The predicted octanol–water partition coefficient (Wildman–Crippen LogP) is 4.97. The van der Waals surface area contributed by atoms with Gasteiger partial charge in [0.25, 0.3) is 0 Å². The lowest BCUT2D eigenvalue weighted by atomic mass is 9.89. The molecular formula is C19H27N3OS2. The number of carbonyl (C=O) groups excluding carboxylic acids is 1. The molecule has 0 aliphatic heterocycles. The number of benzene rings is 1. The summed E-state index contributed by atoms with van der Waals surface area (Å²) in [6.07, 6.45) is 9.43. The van der Waals surface area contributed by atoms with Crippen LogP contribution < -0.4 is 10.6 Å². The molecule has 1 aromatic carbocycles. The number of para-hydroxylation sites is 1. The Morgan fingerprint density at radius 2 is 2.12 bits per heavy atom. The van der Waals surface area contributed by atoms with Gasteiger partial charge in [-0.15, -0.1) is 11.3 Å². The molecule has 6 heteroatoms. The summed E-state index contributed by atoms with van der Waals surface area (Å²) in [5, 5.41) is 7.24. The summed E-state index contributed by atoms with van der Waals surface area (Å²) in [4.78, 5) is 17.1. The number of carbonyl (C=O) groups is 1. The zero-order chi connectivity index (χ0) is 17.5. The summed E-state index contributed by atoms with van der Waals surface area (Å²) in [5.74, 6) is 1.65. The van der Waals surface area contributed by atoms with E-state index in [-0.39, 0.29) is 12.1 Å². The Balaban J connectivity index is 1.60. The van der Waals surface area contributed by atoms with E-state index in [1.807, 2.05) is 18.2 Å². The number of hydrogen-bond acceptors (Lipinski definition) is 4. The minimum Gasteiger partial charge on any atom is -0.338 e. The van der Waals surface area contributed by atoms with Gasteiger partial charge in [0.1, 0.15) is 5.01 Å². The van der Waals surface area contributed by atoms with Crippen LogP contribution in [-0.4, -0.2) is 29.6 Å². The van der Waals surface area contributed by atoms with Crippen LogP contribution in [0, 0.1) is 5.92 Å². The van der Waals surface area contributed by atoms with Crippen LogP contribution in [0.25, 0.3) is 10.2 Å². The minimum absolute atomic E-state index is 0.0174. The number of rotatable bonds is 7. The van der Waals surface area contributed by atoms with E-state index >= 15 is 0 Å². The lowest BCUT2D eigenvalue weighted by Gasteiger charge is -2.23. The van der Waals surface area contributed by atoms with E-state index in [1.165, 1.54) is 36.8 Å². The van der Waals surface area contributed by atoms with Gasteiger partial charge in [-0.3, -0.25) is 0 Å². The van der Waals surface area contributed by atoms with Crippen LogP contribution in [0.4, 0.5) is 4.79 Å². The number of hydrogen-bond donors (Lipinski definition) is 2. The second kappa shape index (κ2) is 9.43. The van der Waals surface area contributed by atoms with Gasteiger partial charge < -0.3 is 10.6 Å². The molecule has 0 spiro atoms. The molecule has 2 N–H and O–H groups in total. The standard InChI is InChI=1S/C19H27N3OS2/c1-24-12-11-16(18-21-15-9-5-6-10-17(15)25-18)22-19(23)20-13-14-7-3-2-4-8-14/h5-6,9-10,14,16H,2-4,7-8,11-13H2,1H3,(H2,20,22,23). The summed E-state index contributed by atoms with van der Waals surface area (Å²) in [6, 6.07) is 8.08. The molecule has 1 unspecified atom stereocenters. The van der Waals surface area contributed by atoms with Crippen molar-refractivity contribution in [1.29, 1.82) is 0 Å². The topological polar surface area (TPSA) is 54.0 Å². The SMILES string of the molecule is CSCCC(NC(=O)NCC1CCCCC1)c1nc2ccccc2s1. The van der Waals surface area contributed by atoms with Crippen molar-refractivity contribution in [3.8, 4) is 0 Å². The first kappa shape index (κ1) is 18.5. The maximum atomic E-state index is 12.4. The number of nitrogens with one attached hydrogen (secondary N) is 2. The molecule has 1 aromatic heterocycles. The van der Waals surface area contributed by atoms with Gasteiger partial charge in [-0.2, -0.15) is 11.8 Å². The number of thiazole rings is 1. The summed E-state index contributed by atoms with van der Waals surface area (Å²) in [7, 11) is 0. The molecule has 2 amide bonds. The molecule has 0 radical (unpaired) electrons. The zero-order valence-electron chi connectivity index (χ0n) is 14.8. The van der Waals surface area contributed by atoms with E-state index in [4.69, 9.17) is 4.98 Å². The van der Waals surface area contributed by atoms with E-state index in [1.54, 1.807) is 23.1 Å². The second-order valence-corrected chi connectivity index (χ2v) is 8.76. The Morgan fingerprint density at radius 1 is 1.32 bits per heavy atom. The fraction of sp³-hybridized carbons (Fsp3) is 0.579. The van der Waals surface area contributed by atoms with Gasteiger partial charge in [0.15, 0.2) is 0 Å². The summed E-state index contributed by atoms with van der Waals surface area (Å²) >= 11 is 3.48. The third kappa shape index (κ3) is 5.35. The van der Waals surface area contributed by atoms with Gasteiger partial charge in [-0.1, -0.05) is 31.4 Å². The molecule has 3 rings (SSSR count). The van der Waals surface area contributed by atoms with Gasteiger partial charge in [0.2, 0.25) is 0 Å². The van der Waals surface area contributed by atoms with Crippen molar-refractivity contribution in [3.05, 3.63) is 29.3 Å². The molecule has 1 atom stereocenters. The molecule has 2 aromatic rings. The van der Waals surface area contributed by atoms with Crippen molar-refractivity contribution >= 4 is 39.3 Å². The quantitative estimate of drug-likeness (QED) is 0.716. The molecule has 1 aliphatic carbocycles. The number of urea groups is 1. The normalized spacial score (nSPS) is 16.7. The third-order valence-electron chi connectivity index (χ3n) is 4.80. The Labute approximate surface area is 158 Å². The van der Waals surface area contributed by atoms with Gasteiger partial charge in [0.05, 0.1) is 16.3 Å². The van der Waals surface area contributed by atoms with Crippen molar-refractivity contribution in [2.45, 2.75) is 44.6 Å². The third-order valence-corrected chi connectivity index (χ3v) is 6.59. The van der Waals surface area contributed by atoms with Crippen LogP contribution in [0.5, 0.6) is 0 Å². The highest BCUT2D eigenvalue weighted by Crippen LogP contribution is 2.28. The Kier molecular flexibility index (Phi) is 6.99. The monoisotopic (exact) mass is 377 g/mol. The molecule has 1 aliphatic rings. The van der Waals surface area contributed by atoms with E-state index in [0.29, 0.717) is 5.92 Å². The first-order valence-electron chi connectivity index (χ1n) is 9.15. The van der Waals surface area contributed by atoms with E-state index in [9.17, 15) is 4.79 Å². The first-order chi connectivity index (χ1) is 12.3. The molecule has 1 fully saturated rings. The number of thioether (sulfide) groups is 1. The molecule has 1 saturated carbocycles. The smallest absolute Gasteiger partial charge is 0.315 e.